The lowest BCUT2D eigenvalue weighted by Gasteiger charge is -2.08. The van der Waals surface area contributed by atoms with E-state index in [2.05, 4.69) is 25.9 Å². The van der Waals surface area contributed by atoms with Crippen LogP contribution in [0, 0.1) is 0 Å². The molecular formula is C13H13BrN2O2. The van der Waals surface area contributed by atoms with Gasteiger partial charge in [0.1, 0.15) is 11.5 Å². The number of hydrogen-bond acceptors (Lipinski definition) is 4. The van der Waals surface area contributed by atoms with E-state index in [1.807, 2.05) is 13.0 Å². The van der Waals surface area contributed by atoms with E-state index in [4.69, 9.17) is 4.74 Å². The molecule has 18 heavy (non-hydrogen) atoms. The van der Waals surface area contributed by atoms with Gasteiger partial charge in [0.05, 0.1) is 24.2 Å². The number of aliphatic hydroxyl groups is 1. The van der Waals surface area contributed by atoms with Crippen LogP contribution in [0.2, 0.25) is 0 Å². The number of aromatic nitrogens is 2. The monoisotopic (exact) mass is 308 g/mol. The third-order valence-electron chi connectivity index (χ3n) is 2.40. The van der Waals surface area contributed by atoms with E-state index >= 15 is 0 Å². The molecule has 2 aromatic rings. The molecular weight excluding hydrogens is 296 g/mol. The third kappa shape index (κ3) is 3.27. The number of ether oxygens (including phenoxy) is 1. The first-order chi connectivity index (χ1) is 8.69. The number of nitrogens with zero attached hydrogens (tertiary/aromatic N) is 2. The Hall–Kier alpha value is -1.46. The summed E-state index contributed by atoms with van der Waals surface area (Å²) in [5.74, 6) is 1.25. The van der Waals surface area contributed by atoms with Crippen LogP contribution in [0.15, 0.2) is 41.3 Å². The van der Waals surface area contributed by atoms with E-state index in [1.54, 1.807) is 30.7 Å². The van der Waals surface area contributed by atoms with E-state index in [0.29, 0.717) is 23.6 Å². The highest BCUT2D eigenvalue weighted by Gasteiger charge is 2.06. The zero-order chi connectivity index (χ0) is 13.0. The first-order valence-electron chi connectivity index (χ1n) is 5.61. The largest absolute Gasteiger partial charge is 0.454 e. The van der Waals surface area contributed by atoms with Crippen molar-refractivity contribution in [1.29, 1.82) is 0 Å². The van der Waals surface area contributed by atoms with Gasteiger partial charge < -0.3 is 9.84 Å². The van der Waals surface area contributed by atoms with Crippen LogP contribution >= 0.6 is 15.9 Å². The Morgan fingerprint density at radius 3 is 2.72 bits per heavy atom. The topological polar surface area (TPSA) is 55.2 Å². The van der Waals surface area contributed by atoms with Gasteiger partial charge in [0.15, 0.2) is 0 Å². The molecule has 0 aliphatic heterocycles. The molecule has 0 fully saturated rings. The summed E-state index contributed by atoms with van der Waals surface area (Å²) < 4.78 is 6.44. The maximum atomic E-state index is 9.63. The van der Waals surface area contributed by atoms with E-state index in [-0.39, 0.29) is 0 Å². The molecule has 94 valence electrons. The lowest BCUT2D eigenvalue weighted by Crippen LogP contribution is -1.98. The van der Waals surface area contributed by atoms with Gasteiger partial charge in [-0.15, -0.1) is 0 Å². The molecule has 4 nitrogen and oxygen atoms in total. The minimum absolute atomic E-state index is 0.522. The molecule has 0 radical (unpaired) electrons. The van der Waals surface area contributed by atoms with Crippen molar-refractivity contribution in [2.24, 2.45) is 0 Å². The van der Waals surface area contributed by atoms with E-state index in [0.717, 1.165) is 4.47 Å². The van der Waals surface area contributed by atoms with E-state index in [1.165, 1.54) is 0 Å². The van der Waals surface area contributed by atoms with Gasteiger partial charge >= 0.3 is 0 Å². The smallest absolute Gasteiger partial charge is 0.146 e. The Morgan fingerprint density at radius 1 is 1.28 bits per heavy atom. The van der Waals surface area contributed by atoms with Crippen molar-refractivity contribution in [2.75, 3.05) is 0 Å². The summed E-state index contributed by atoms with van der Waals surface area (Å²) in [6, 6.07) is 5.36. The molecule has 1 atom stereocenters. The summed E-state index contributed by atoms with van der Waals surface area (Å²) in [5, 5.41) is 9.63. The number of hydrogen-bond donors (Lipinski definition) is 1. The molecule has 0 saturated carbocycles. The number of halogens is 1. The molecule has 2 heterocycles. The fourth-order valence-electron chi connectivity index (χ4n) is 1.44. The van der Waals surface area contributed by atoms with Gasteiger partial charge in [-0.1, -0.05) is 6.92 Å². The van der Waals surface area contributed by atoms with E-state index < -0.39 is 6.10 Å². The molecule has 2 rings (SSSR count). The van der Waals surface area contributed by atoms with Gasteiger partial charge in [-0.3, -0.25) is 9.97 Å². The highest BCUT2D eigenvalue weighted by Crippen LogP contribution is 2.23. The van der Waals surface area contributed by atoms with Crippen LogP contribution in [-0.2, 0) is 0 Å². The molecule has 0 spiro atoms. The molecule has 0 bridgehead atoms. The first-order valence-corrected chi connectivity index (χ1v) is 6.40. The third-order valence-corrected chi connectivity index (χ3v) is 2.84. The van der Waals surface area contributed by atoms with Crippen LogP contribution in [-0.4, -0.2) is 15.1 Å². The van der Waals surface area contributed by atoms with Crippen molar-refractivity contribution in [3.05, 3.63) is 47.0 Å². The number of aliphatic hydroxyl groups excluding tert-OH is 1. The number of pyridine rings is 2. The van der Waals surface area contributed by atoms with Gasteiger partial charge in [-0.25, -0.2) is 0 Å². The van der Waals surface area contributed by atoms with Crippen molar-refractivity contribution in [1.82, 2.24) is 9.97 Å². The van der Waals surface area contributed by atoms with Crippen molar-refractivity contribution in [3.63, 3.8) is 0 Å². The van der Waals surface area contributed by atoms with Gasteiger partial charge in [0.2, 0.25) is 0 Å². The second-order valence-electron chi connectivity index (χ2n) is 3.78. The molecule has 5 heteroatoms. The first kappa shape index (κ1) is 13.0. The second-order valence-corrected chi connectivity index (χ2v) is 4.70. The van der Waals surface area contributed by atoms with Crippen LogP contribution in [0.1, 0.15) is 25.1 Å². The fraction of sp³-hybridized carbons (Fsp3) is 0.231. The molecule has 0 saturated heterocycles. The molecule has 1 N–H and O–H groups in total. The quantitative estimate of drug-likeness (QED) is 0.939. The van der Waals surface area contributed by atoms with Crippen LogP contribution < -0.4 is 4.74 Å². The van der Waals surface area contributed by atoms with E-state index in [9.17, 15) is 5.11 Å². The summed E-state index contributed by atoms with van der Waals surface area (Å²) in [7, 11) is 0. The second kappa shape index (κ2) is 5.93. The van der Waals surface area contributed by atoms with Gasteiger partial charge in [0.25, 0.3) is 0 Å². The fourth-order valence-corrected chi connectivity index (χ4v) is 1.79. The summed E-state index contributed by atoms with van der Waals surface area (Å²) in [5.41, 5.74) is 0.650. The average molecular weight is 309 g/mol. The lowest BCUT2D eigenvalue weighted by atomic mass is 10.2. The Bertz CT molecular complexity index is 517. The van der Waals surface area contributed by atoms with Crippen molar-refractivity contribution in [2.45, 2.75) is 19.4 Å². The lowest BCUT2D eigenvalue weighted by molar-refractivity contribution is 0.169. The maximum absolute atomic E-state index is 9.63. The van der Waals surface area contributed by atoms with Gasteiger partial charge in [-0.2, -0.15) is 0 Å². The predicted molar refractivity (Wildman–Crippen MR) is 71.5 cm³/mol. The minimum Gasteiger partial charge on any atom is -0.454 e. The molecule has 0 unspecified atom stereocenters. The molecule has 2 aromatic heterocycles. The Kier molecular flexibility index (Phi) is 4.28. The molecule has 0 amide bonds. The van der Waals surface area contributed by atoms with Crippen LogP contribution in [0.25, 0.3) is 0 Å². The summed E-state index contributed by atoms with van der Waals surface area (Å²) in [6.07, 6.45) is 5.02. The summed E-state index contributed by atoms with van der Waals surface area (Å²) in [6.45, 7) is 1.91. The predicted octanol–water partition coefficient (Wildman–Crippen LogP) is 3.47. The van der Waals surface area contributed by atoms with Crippen molar-refractivity contribution >= 4 is 15.9 Å². The SMILES string of the molecule is CC[C@H](O)c1ccc(Oc2cncc(Br)c2)cn1. The van der Waals surface area contributed by atoms with Crippen LogP contribution in [0.3, 0.4) is 0 Å². The van der Waals surface area contributed by atoms with Crippen LogP contribution in [0.4, 0.5) is 0 Å². The maximum Gasteiger partial charge on any atom is 0.146 e. The zero-order valence-corrected chi connectivity index (χ0v) is 11.5. The Morgan fingerprint density at radius 2 is 2.11 bits per heavy atom. The van der Waals surface area contributed by atoms with Crippen molar-refractivity contribution in [3.8, 4) is 11.5 Å². The Balaban J connectivity index is 2.11. The van der Waals surface area contributed by atoms with Crippen molar-refractivity contribution < 1.29 is 9.84 Å². The average Bonchev–Trinajstić information content (AvgIpc) is 2.39. The highest BCUT2D eigenvalue weighted by molar-refractivity contribution is 9.10. The van der Waals surface area contributed by atoms with Gasteiger partial charge in [-0.05, 0) is 40.5 Å². The normalized spacial score (nSPS) is 12.2. The summed E-state index contributed by atoms with van der Waals surface area (Å²) >= 11 is 3.32. The van der Waals surface area contributed by atoms with Gasteiger partial charge in [0, 0.05) is 10.7 Å². The minimum atomic E-state index is -0.522. The zero-order valence-electron chi connectivity index (χ0n) is 9.88. The highest BCUT2D eigenvalue weighted by atomic mass is 79.9. The molecule has 0 aliphatic carbocycles. The van der Waals surface area contributed by atoms with Crippen LogP contribution in [0.5, 0.6) is 11.5 Å². The molecule has 0 aromatic carbocycles. The summed E-state index contributed by atoms with van der Waals surface area (Å²) in [4.78, 5) is 8.17. The Labute approximate surface area is 114 Å². The standard InChI is InChI=1S/C13H13BrN2O2/c1-2-13(17)12-4-3-10(8-16-12)18-11-5-9(14)6-15-7-11/h3-8,13,17H,2H2,1H3/t13-/m0/s1. The molecule has 0 aliphatic rings. The number of rotatable bonds is 4.